The van der Waals surface area contributed by atoms with Crippen molar-refractivity contribution in [1.82, 2.24) is 10.2 Å². The van der Waals surface area contributed by atoms with Crippen LogP contribution in [0.4, 0.5) is 5.69 Å². The summed E-state index contributed by atoms with van der Waals surface area (Å²) in [6, 6.07) is 16.9. The molecule has 1 aliphatic rings. The van der Waals surface area contributed by atoms with Crippen LogP contribution in [0, 0.1) is 0 Å². The number of ether oxygens (including phenoxy) is 1. The summed E-state index contributed by atoms with van der Waals surface area (Å²) in [5.74, 6) is 1.75. The monoisotopic (exact) mass is 364 g/mol. The van der Waals surface area contributed by atoms with Gasteiger partial charge in [0.1, 0.15) is 5.75 Å². The highest BCUT2D eigenvalue weighted by Crippen LogP contribution is 2.17. The highest BCUT2D eigenvalue weighted by Gasteiger charge is 2.09. The van der Waals surface area contributed by atoms with Crippen molar-refractivity contribution in [2.24, 2.45) is 4.99 Å². The fourth-order valence-corrected chi connectivity index (χ4v) is 3.16. The molecular weight excluding hydrogens is 336 g/mol. The van der Waals surface area contributed by atoms with E-state index in [4.69, 9.17) is 4.74 Å². The molecule has 2 aromatic rings. The molecule has 0 radical (unpaired) electrons. The predicted molar refractivity (Wildman–Crippen MR) is 112 cm³/mol. The Kier molecular flexibility index (Phi) is 6.36. The van der Waals surface area contributed by atoms with Crippen molar-refractivity contribution in [3.05, 3.63) is 71.8 Å². The molecule has 5 nitrogen and oxygen atoms in total. The van der Waals surface area contributed by atoms with Gasteiger partial charge in [0.05, 0.1) is 7.11 Å². The number of hydrogen-bond donors (Lipinski definition) is 1. The van der Waals surface area contributed by atoms with Crippen molar-refractivity contribution in [3.8, 4) is 5.75 Å². The van der Waals surface area contributed by atoms with Gasteiger partial charge in [-0.05, 0) is 35.4 Å². The number of methoxy groups -OCH3 is 1. The number of aliphatic imine (C=N–C) groups is 1. The molecule has 0 bridgehead atoms. The van der Waals surface area contributed by atoms with E-state index in [0.29, 0.717) is 0 Å². The molecule has 0 fully saturated rings. The van der Waals surface area contributed by atoms with Gasteiger partial charge < -0.3 is 19.9 Å². The van der Waals surface area contributed by atoms with Gasteiger partial charge in [0, 0.05) is 46.0 Å². The fraction of sp³-hybridized carbons (Fsp3) is 0.318. The molecule has 1 heterocycles. The van der Waals surface area contributed by atoms with E-state index < -0.39 is 0 Å². The minimum atomic E-state index is 0.748. The highest BCUT2D eigenvalue weighted by molar-refractivity contribution is 5.79. The van der Waals surface area contributed by atoms with Crippen molar-refractivity contribution in [1.29, 1.82) is 0 Å². The lowest BCUT2D eigenvalue weighted by molar-refractivity contribution is 0.414. The second kappa shape index (κ2) is 9.12. The lowest BCUT2D eigenvalue weighted by Gasteiger charge is -2.22. The molecule has 3 rings (SSSR count). The molecule has 142 valence electrons. The molecule has 0 unspecified atom stereocenters. The van der Waals surface area contributed by atoms with E-state index in [0.717, 1.165) is 37.9 Å². The van der Waals surface area contributed by atoms with Gasteiger partial charge in [-0.3, -0.25) is 4.99 Å². The summed E-state index contributed by atoms with van der Waals surface area (Å²) in [5, 5.41) is 3.44. The number of anilines is 1. The summed E-state index contributed by atoms with van der Waals surface area (Å²) in [6.07, 6.45) is 4.41. The molecule has 2 aromatic carbocycles. The Bertz CT molecular complexity index is 773. The lowest BCUT2D eigenvalue weighted by Crippen LogP contribution is -2.38. The van der Waals surface area contributed by atoms with Gasteiger partial charge >= 0.3 is 0 Å². The summed E-state index contributed by atoms with van der Waals surface area (Å²) in [5.41, 5.74) is 3.72. The number of nitrogens with zero attached hydrogens (tertiary/aromatic N) is 3. The molecule has 5 heteroatoms. The molecule has 27 heavy (non-hydrogen) atoms. The Hall–Kier alpha value is -2.95. The van der Waals surface area contributed by atoms with Crippen LogP contribution in [0.1, 0.15) is 11.1 Å². The van der Waals surface area contributed by atoms with Crippen LogP contribution in [-0.4, -0.2) is 45.2 Å². The molecule has 0 aliphatic carbocycles. The molecule has 1 aliphatic heterocycles. The third-order valence-electron chi connectivity index (χ3n) is 4.72. The first kappa shape index (κ1) is 18.8. The first-order valence-corrected chi connectivity index (χ1v) is 9.23. The van der Waals surface area contributed by atoms with Crippen LogP contribution in [0.3, 0.4) is 0 Å². The summed E-state index contributed by atoms with van der Waals surface area (Å²) in [7, 11) is 5.54. The topological polar surface area (TPSA) is 40.1 Å². The Morgan fingerprint density at radius 1 is 1.04 bits per heavy atom. The molecular formula is C22H28N4O. The summed E-state index contributed by atoms with van der Waals surface area (Å²) in [4.78, 5) is 8.87. The zero-order valence-electron chi connectivity index (χ0n) is 16.4. The number of rotatable bonds is 6. The van der Waals surface area contributed by atoms with E-state index in [-0.39, 0.29) is 0 Å². The second-order valence-electron chi connectivity index (χ2n) is 6.65. The van der Waals surface area contributed by atoms with Gasteiger partial charge in [-0.2, -0.15) is 0 Å². The fourth-order valence-electron chi connectivity index (χ4n) is 3.16. The SMILES string of the molecule is CN=C(NCc1ccc(N2CC=CC2)cc1)N(C)Cc1ccc(OC)cc1. The molecule has 1 N–H and O–H groups in total. The zero-order valence-corrected chi connectivity index (χ0v) is 16.4. The average molecular weight is 364 g/mol. The normalized spacial score (nSPS) is 13.7. The Morgan fingerprint density at radius 2 is 1.67 bits per heavy atom. The number of benzene rings is 2. The van der Waals surface area contributed by atoms with Crippen LogP contribution in [0.15, 0.2) is 65.7 Å². The van der Waals surface area contributed by atoms with Crippen molar-refractivity contribution in [2.45, 2.75) is 13.1 Å². The largest absolute Gasteiger partial charge is 0.497 e. The van der Waals surface area contributed by atoms with E-state index in [1.54, 1.807) is 7.11 Å². The summed E-state index contributed by atoms with van der Waals surface area (Å²) in [6.45, 7) is 3.53. The average Bonchev–Trinajstić information content (AvgIpc) is 3.24. The van der Waals surface area contributed by atoms with Gasteiger partial charge in [0.25, 0.3) is 0 Å². The minimum absolute atomic E-state index is 0.748. The first-order chi connectivity index (χ1) is 13.2. The summed E-state index contributed by atoms with van der Waals surface area (Å²) >= 11 is 0. The second-order valence-corrected chi connectivity index (χ2v) is 6.65. The van der Waals surface area contributed by atoms with Gasteiger partial charge in [0.15, 0.2) is 5.96 Å². The van der Waals surface area contributed by atoms with Crippen LogP contribution < -0.4 is 15.0 Å². The van der Waals surface area contributed by atoms with Crippen molar-refractivity contribution >= 4 is 11.6 Å². The number of nitrogens with one attached hydrogen (secondary N) is 1. The van der Waals surface area contributed by atoms with Crippen molar-refractivity contribution < 1.29 is 4.74 Å². The summed E-state index contributed by atoms with van der Waals surface area (Å²) < 4.78 is 5.22. The Balaban J connectivity index is 1.53. The van der Waals surface area contributed by atoms with Gasteiger partial charge in [-0.1, -0.05) is 36.4 Å². The van der Waals surface area contributed by atoms with Gasteiger partial charge in [-0.25, -0.2) is 0 Å². The number of guanidine groups is 1. The van der Waals surface area contributed by atoms with E-state index >= 15 is 0 Å². The molecule has 0 amide bonds. The molecule has 0 aromatic heterocycles. The van der Waals surface area contributed by atoms with Crippen LogP contribution in [0.5, 0.6) is 5.75 Å². The van der Waals surface area contributed by atoms with Gasteiger partial charge in [-0.15, -0.1) is 0 Å². The lowest BCUT2D eigenvalue weighted by atomic mass is 10.2. The van der Waals surface area contributed by atoms with E-state index in [2.05, 4.69) is 68.7 Å². The smallest absolute Gasteiger partial charge is 0.193 e. The molecule has 0 spiro atoms. The zero-order chi connectivity index (χ0) is 19.1. The molecule has 0 saturated heterocycles. The van der Waals surface area contributed by atoms with Crippen LogP contribution in [-0.2, 0) is 13.1 Å². The Morgan fingerprint density at radius 3 is 2.26 bits per heavy atom. The van der Waals surface area contributed by atoms with Crippen LogP contribution in [0.2, 0.25) is 0 Å². The predicted octanol–water partition coefficient (Wildman–Crippen LogP) is 3.28. The third kappa shape index (κ3) is 5.03. The first-order valence-electron chi connectivity index (χ1n) is 9.23. The van der Waals surface area contributed by atoms with Crippen LogP contribution in [0.25, 0.3) is 0 Å². The Labute approximate surface area is 162 Å². The van der Waals surface area contributed by atoms with E-state index in [1.165, 1.54) is 16.8 Å². The van der Waals surface area contributed by atoms with Crippen molar-refractivity contribution in [3.63, 3.8) is 0 Å². The van der Waals surface area contributed by atoms with Crippen molar-refractivity contribution in [2.75, 3.05) is 39.2 Å². The minimum Gasteiger partial charge on any atom is -0.497 e. The molecule has 0 atom stereocenters. The maximum absolute atomic E-state index is 5.22. The maximum atomic E-state index is 5.22. The number of hydrogen-bond acceptors (Lipinski definition) is 3. The van der Waals surface area contributed by atoms with Crippen LogP contribution >= 0.6 is 0 Å². The van der Waals surface area contributed by atoms with Gasteiger partial charge in [0.2, 0.25) is 0 Å². The third-order valence-corrected chi connectivity index (χ3v) is 4.72. The van der Waals surface area contributed by atoms with E-state index in [1.807, 2.05) is 26.2 Å². The highest BCUT2D eigenvalue weighted by atomic mass is 16.5. The molecule has 0 saturated carbocycles. The maximum Gasteiger partial charge on any atom is 0.193 e. The quantitative estimate of drug-likeness (QED) is 0.485. The standard InChI is InChI=1S/C22H28N4O/c1-23-22(25(2)17-19-8-12-21(27-3)13-9-19)24-16-18-6-10-20(11-7-18)26-14-4-5-15-26/h4-13H,14-17H2,1-3H3,(H,23,24). The van der Waals surface area contributed by atoms with E-state index in [9.17, 15) is 0 Å².